The Morgan fingerprint density at radius 2 is 1.79 bits per heavy atom. The van der Waals surface area contributed by atoms with Crippen molar-refractivity contribution >= 4 is 22.4 Å². The van der Waals surface area contributed by atoms with Gasteiger partial charge < -0.3 is 10.6 Å². The number of nitrogens with one attached hydrogen (secondary N) is 3. The molecule has 3 N–H and O–H groups in total. The predicted molar refractivity (Wildman–Crippen MR) is 138 cm³/mol. The van der Waals surface area contributed by atoms with Crippen LogP contribution < -0.4 is 21.8 Å². The van der Waals surface area contributed by atoms with Crippen LogP contribution in [0.3, 0.4) is 0 Å². The fraction of sp³-hybridized carbons (Fsp3) is 0.360. The minimum Gasteiger partial charge on any atom is -0.381 e. The summed E-state index contributed by atoms with van der Waals surface area (Å²) >= 11 is 0. The largest absolute Gasteiger partial charge is 0.423 e. The molecule has 0 saturated heterocycles. The lowest BCUT2D eigenvalue weighted by Crippen LogP contribution is -2.27. The van der Waals surface area contributed by atoms with Crippen LogP contribution in [0.15, 0.2) is 40.4 Å². The highest BCUT2D eigenvalue weighted by Crippen LogP contribution is 2.35. The summed E-state index contributed by atoms with van der Waals surface area (Å²) in [6.07, 6.45) is -6.45. The second kappa shape index (κ2) is 11.7. The molecule has 10 nitrogen and oxygen atoms in total. The molecule has 0 aliphatic rings. The number of fused-ring (bicyclic) bond motifs is 1. The lowest BCUT2D eigenvalue weighted by molar-refractivity contribution is -0.138. The van der Waals surface area contributed by atoms with Gasteiger partial charge in [-0.05, 0) is 38.8 Å². The van der Waals surface area contributed by atoms with Gasteiger partial charge in [0.2, 0.25) is 0 Å². The molecule has 0 amide bonds. The number of alkyl halides is 6. The van der Waals surface area contributed by atoms with E-state index in [0.29, 0.717) is 12.6 Å². The smallest absolute Gasteiger partial charge is 0.381 e. The number of nitrogens with zero attached hydrogens (tertiary/aromatic N) is 5. The number of aromatic nitrogens is 6. The maximum atomic E-state index is 15.1. The molecule has 0 aliphatic carbocycles. The van der Waals surface area contributed by atoms with Crippen LogP contribution in [0.5, 0.6) is 0 Å². The minimum atomic E-state index is -4.90. The number of hydrogen-bond acceptors (Lipinski definition) is 8. The Bertz CT molecular complexity index is 1720. The Morgan fingerprint density at radius 3 is 2.45 bits per heavy atom. The average molecular weight is 600 g/mol. The normalized spacial score (nSPS) is 12.9. The van der Waals surface area contributed by atoms with E-state index in [1.54, 1.807) is 18.9 Å². The van der Waals surface area contributed by atoms with Crippen LogP contribution in [0.1, 0.15) is 37.8 Å². The Morgan fingerprint density at radius 1 is 1.05 bits per heavy atom. The van der Waals surface area contributed by atoms with Crippen LogP contribution in [-0.2, 0) is 18.9 Å². The van der Waals surface area contributed by atoms with E-state index in [2.05, 4.69) is 30.7 Å². The van der Waals surface area contributed by atoms with Gasteiger partial charge in [0.25, 0.3) is 11.1 Å². The minimum absolute atomic E-state index is 0.0534. The summed E-state index contributed by atoms with van der Waals surface area (Å²) in [4.78, 5) is 36.3. The van der Waals surface area contributed by atoms with Gasteiger partial charge in [-0.25, -0.2) is 24.4 Å². The molecule has 3 aromatic heterocycles. The Kier molecular flexibility index (Phi) is 8.49. The van der Waals surface area contributed by atoms with Crippen LogP contribution in [0.4, 0.5) is 42.2 Å². The first-order valence-electron chi connectivity index (χ1n) is 12.5. The van der Waals surface area contributed by atoms with Crippen molar-refractivity contribution in [1.29, 1.82) is 0 Å². The predicted octanol–water partition coefficient (Wildman–Crippen LogP) is 4.83. The summed E-state index contributed by atoms with van der Waals surface area (Å²) in [5.74, 6) is -1.81. The highest BCUT2D eigenvalue weighted by molar-refractivity contribution is 5.82. The number of hydrogen-bond donors (Lipinski definition) is 3. The zero-order chi connectivity index (χ0) is 30.8. The van der Waals surface area contributed by atoms with Crippen molar-refractivity contribution in [3.05, 3.63) is 68.5 Å². The molecule has 0 fully saturated rings. The maximum Gasteiger partial charge on any atom is 0.423 e. The molecule has 4 rings (SSSR count). The first-order valence-corrected chi connectivity index (χ1v) is 12.5. The molecular weight excluding hydrogens is 577 g/mol. The third-order valence-electron chi connectivity index (χ3n) is 6.17. The van der Waals surface area contributed by atoms with Gasteiger partial charge in [0.1, 0.15) is 22.8 Å². The Balaban J connectivity index is 1.52. The monoisotopic (exact) mass is 600 g/mol. The summed E-state index contributed by atoms with van der Waals surface area (Å²) in [5, 5.41) is 10.1. The summed E-state index contributed by atoms with van der Waals surface area (Å²) in [7, 11) is 0. The number of aromatic amines is 1. The second-order valence-corrected chi connectivity index (χ2v) is 9.25. The summed E-state index contributed by atoms with van der Waals surface area (Å²) < 4.78 is 95.9. The number of anilines is 2. The number of benzene rings is 1. The van der Waals surface area contributed by atoms with E-state index in [0.717, 1.165) is 18.3 Å². The van der Waals surface area contributed by atoms with Crippen LogP contribution in [0.25, 0.3) is 22.3 Å². The van der Waals surface area contributed by atoms with E-state index in [1.165, 1.54) is 10.9 Å². The van der Waals surface area contributed by atoms with Gasteiger partial charge >= 0.3 is 12.4 Å². The molecule has 1 unspecified atom stereocenters. The molecule has 17 heteroatoms. The van der Waals surface area contributed by atoms with E-state index < -0.39 is 58.0 Å². The van der Waals surface area contributed by atoms with Gasteiger partial charge in [-0.1, -0.05) is 0 Å². The lowest BCUT2D eigenvalue weighted by atomic mass is 10.1. The van der Waals surface area contributed by atoms with Gasteiger partial charge in [0, 0.05) is 25.3 Å². The fourth-order valence-corrected chi connectivity index (χ4v) is 4.23. The van der Waals surface area contributed by atoms with E-state index in [1.807, 2.05) is 0 Å². The van der Waals surface area contributed by atoms with Gasteiger partial charge in [-0.15, -0.1) is 0 Å². The van der Waals surface area contributed by atoms with Crippen molar-refractivity contribution in [2.45, 2.75) is 51.6 Å². The third kappa shape index (κ3) is 6.49. The number of aryl methyl sites for hydroxylation is 1. The molecule has 224 valence electrons. The van der Waals surface area contributed by atoms with Gasteiger partial charge in [0.05, 0.1) is 34.7 Å². The SMILES string of the molecule is CCNc1nc(-c2cc3ncn(CCCC(C)Nc4cn[nH]c(=O)c4C(F)(F)F)c(=O)c3cc2F)ncc1C(F)(F)F. The molecule has 4 aromatic rings. The average Bonchev–Trinajstić information content (AvgIpc) is 2.89. The van der Waals surface area contributed by atoms with Gasteiger partial charge in [-0.2, -0.15) is 31.4 Å². The quantitative estimate of drug-likeness (QED) is 0.233. The number of H-pyrrole nitrogens is 1. The topological polar surface area (TPSA) is 130 Å². The van der Waals surface area contributed by atoms with Gasteiger partial charge in [0.15, 0.2) is 5.82 Å². The van der Waals surface area contributed by atoms with Crippen LogP contribution >= 0.6 is 0 Å². The standard InChI is InChI=1S/C25H23F7N8O2/c1-3-33-21-15(24(27,28)29)9-34-20(38-21)13-8-17-14(7-16(13)26)23(42)40(11-35-17)6-4-5-12(2)37-18-10-36-39-22(41)19(18)25(30,31)32/h7-12H,3-6H2,1-2H3,(H,33,34,38)(H2,37,39,41). The van der Waals surface area contributed by atoms with Crippen molar-refractivity contribution in [2.24, 2.45) is 0 Å². The first-order chi connectivity index (χ1) is 19.7. The van der Waals surface area contributed by atoms with Gasteiger partial charge in [-0.3, -0.25) is 14.2 Å². The lowest BCUT2D eigenvalue weighted by Gasteiger charge is -2.18. The zero-order valence-corrected chi connectivity index (χ0v) is 22.0. The highest BCUT2D eigenvalue weighted by Gasteiger charge is 2.38. The van der Waals surface area contributed by atoms with Crippen molar-refractivity contribution in [3.8, 4) is 11.4 Å². The summed E-state index contributed by atoms with van der Waals surface area (Å²) in [5.41, 5.74) is -5.19. The summed E-state index contributed by atoms with van der Waals surface area (Å²) in [6, 6.07) is 1.51. The maximum absolute atomic E-state index is 15.1. The van der Waals surface area contributed by atoms with Crippen molar-refractivity contribution in [1.82, 2.24) is 29.7 Å². The molecular formula is C25H23F7N8O2. The van der Waals surface area contributed by atoms with Crippen molar-refractivity contribution in [3.63, 3.8) is 0 Å². The highest BCUT2D eigenvalue weighted by atomic mass is 19.4. The molecule has 1 atom stereocenters. The zero-order valence-electron chi connectivity index (χ0n) is 22.0. The molecule has 42 heavy (non-hydrogen) atoms. The Hall–Kier alpha value is -4.57. The van der Waals surface area contributed by atoms with Crippen LogP contribution in [0.2, 0.25) is 0 Å². The van der Waals surface area contributed by atoms with Crippen LogP contribution in [-0.4, -0.2) is 42.3 Å². The van der Waals surface area contributed by atoms with Crippen molar-refractivity contribution in [2.75, 3.05) is 17.2 Å². The second-order valence-electron chi connectivity index (χ2n) is 9.25. The molecule has 0 aliphatic heterocycles. The molecule has 0 spiro atoms. The molecule has 3 heterocycles. The third-order valence-corrected chi connectivity index (χ3v) is 6.17. The number of rotatable bonds is 9. The van der Waals surface area contributed by atoms with E-state index in [9.17, 15) is 35.9 Å². The van der Waals surface area contributed by atoms with E-state index in [-0.39, 0.29) is 41.8 Å². The molecule has 0 radical (unpaired) electrons. The molecule has 0 saturated carbocycles. The van der Waals surface area contributed by atoms with Crippen LogP contribution in [0, 0.1) is 5.82 Å². The van der Waals surface area contributed by atoms with E-state index >= 15 is 4.39 Å². The van der Waals surface area contributed by atoms with Crippen molar-refractivity contribution < 1.29 is 30.7 Å². The summed E-state index contributed by atoms with van der Waals surface area (Å²) in [6.45, 7) is 3.36. The fourth-order valence-electron chi connectivity index (χ4n) is 4.23. The molecule has 1 aromatic carbocycles. The molecule has 0 bridgehead atoms. The number of halogens is 7. The van der Waals surface area contributed by atoms with E-state index in [4.69, 9.17) is 0 Å². The Labute approximate surface area is 232 Å². The first kappa shape index (κ1) is 30.4.